The van der Waals surface area contributed by atoms with E-state index in [1.807, 2.05) is 0 Å². The fourth-order valence-electron chi connectivity index (χ4n) is 1.82. The quantitative estimate of drug-likeness (QED) is 0.900. The molecule has 1 aromatic heterocycles. The van der Waals surface area contributed by atoms with E-state index in [1.165, 1.54) is 24.3 Å². The van der Waals surface area contributed by atoms with Crippen LogP contribution in [0.2, 0.25) is 0 Å². The number of hydrogen-bond acceptors (Lipinski definition) is 2. The molecule has 0 aliphatic rings. The summed E-state index contributed by atoms with van der Waals surface area (Å²) in [5.74, 6) is -2.02. The Bertz CT molecular complexity index is 548. The van der Waals surface area contributed by atoms with Crippen LogP contribution in [0.4, 0.5) is 4.39 Å². The largest absolute Gasteiger partial charge is 0.481 e. The van der Waals surface area contributed by atoms with Gasteiger partial charge in [0.1, 0.15) is 5.82 Å². The minimum Gasteiger partial charge on any atom is -0.481 e. The van der Waals surface area contributed by atoms with Crippen LogP contribution in [0.25, 0.3) is 0 Å². The first-order chi connectivity index (χ1) is 8.56. The summed E-state index contributed by atoms with van der Waals surface area (Å²) in [4.78, 5) is 11.3. The number of rotatable bonds is 4. The van der Waals surface area contributed by atoms with Crippen LogP contribution in [0.5, 0.6) is 0 Å². The van der Waals surface area contributed by atoms with E-state index < -0.39 is 11.9 Å². The van der Waals surface area contributed by atoms with Crippen molar-refractivity contribution < 1.29 is 14.3 Å². The number of carboxylic acid groups (broad SMARTS) is 1. The van der Waals surface area contributed by atoms with Crippen molar-refractivity contribution in [2.75, 3.05) is 0 Å². The molecule has 1 N–H and O–H groups in total. The fourth-order valence-corrected chi connectivity index (χ4v) is 1.82. The Morgan fingerprint density at radius 1 is 1.39 bits per heavy atom. The van der Waals surface area contributed by atoms with Crippen LogP contribution in [-0.4, -0.2) is 20.9 Å². The summed E-state index contributed by atoms with van der Waals surface area (Å²) in [6.07, 6.45) is 2.06. The smallest absolute Gasteiger partial charge is 0.311 e. The third kappa shape index (κ3) is 2.74. The van der Waals surface area contributed by atoms with Gasteiger partial charge in [0, 0.05) is 19.7 Å². The van der Waals surface area contributed by atoms with Crippen molar-refractivity contribution in [3.63, 3.8) is 0 Å². The summed E-state index contributed by atoms with van der Waals surface area (Å²) in [6, 6.07) is 7.31. The summed E-state index contributed by atoms with van der Waals surface area (Å²) >= 11 is 0. The first-order valence-electron chi connectivity index (χ1n) is 5.53. The van der Waals surface area contributed by atoms with E-state index in [4.69, 9.17) is 0 Å². The summed E-state index contributed by atoms with van der Waals surface area (Å²) in [5.41, 5.74) is 1.28. The fraction of sp³-hybridized carbons (Fsp3) is 0.231. The lowest BCUT2D eigenvalue weighted by molar-refractivity contribution is -0.138. The molecule has 18 heavy (non-hydrogen) atoms. The SMILES string of the molecule is Cn1ccc(CC(C(=O)O)c2ccc(F)cc2)n1. The molecular weight excluding hydrogens is 235 g/mol. The molecule has 0 amide bonds. The van der Waals surface area contributed by atoms with E-state index in [9.17, 15) is 14.3 Å². The molecule has 4 nitrogen and oxygen atoms in total. The van der Waals surface area contributed by atoms with Crippen LogP contribution in [0.3, 0.4) is 0 Å². The van der Waals surface area contributed by atoms with Gasteiger partial charge in [0.05, 0.1) is 11.6 Å². The maximum atomic E-state index is 12.8. The van der Waals surface area contributed by atoms with Crippen molar-refractivity contribution in [3.05, 3.63) is 53.6 Å². The molecule has 1 unspecified atom stereocenters. The minimum absolute atomic E-state index is 0.293. The second-order valence-electron chi connectivity index (χ2n) is 4.13. The van der Waals surface area contributed by atoms with E-state index in [1.54, 1.807) is 24.0 Å². The van der Waals surface area contributed by atoms with E-state index in [0.29, 0.717) is 17.7 Å². The topological polar surface area (TPSA) is 55.1 Å². The second kappa shape index (κ2) is 5.00. The number of carbonyl (C=O) groups is 1. The van der Waals surface area contributed by atoms with E-state index in [2.05, 4.69) is 5.10 Å². The third-order valence-corrected chi connectivity index (χ3v) is 2.75. The normalized spacial score (nSPS) is 12.3. The molecule has 0 radical (unpaired) electrons. The number of aliphatic carboxylic acids is 1. The first kappa shape index (κ1) is 12.3. The number of benzene rings is 1. The summed E-state index contributed by atoms with van der Waals surface area (Å²) in [5, 5.41) is 13.4. The molecule has 94 valence electrons. The van der Waals surface area contributed by atoms with Crippen LogP contribution >= 0.6 is 0 Å². The lowest BCUT2D eigenvalue weighted by Crippen LogP contribution is -2.15. The summed E-state index contributed by atoms with van der Waals surface area (Å²) in [7, 11) is 1.77. The molecule has 0 aliphatic carbocycles. The Labute approximate surface area is 104 Å². The van der Waals surface area contributed by atoms with Crippen molar-refractivity contribution >= 4 is 5.97 Å². The predicted octanol–water partition coefficient (Wildman–Crippen LogP) is 1.97. The molecule has 0 saturated heterocycles. The van der Waals surface area contributed by atoms with Crippen LogP contribution in [0.15, 0.2) is 36.5 Å². The van der Waals surface area contributed by atoms with Gasteiger partial charge in [-0.25, -0.2) is 4.39 Å². The Hall–Kier alpha value is -2.17. The molecule has 2 rings (SSSR count). The minimum atomic E-state index is -0.938. The van der Waals surface area contributed by atoms with E-state index in [-0.39, 0.29) is 5.82 Å². The van der Waals surface area contributed by atoms with Gasteiger partial charge in [0.25, 0.3) is 0 Å². The number of hydrogen-bond donors (Lipinski definition) is 1. The van der Waals surface area contributed by atoms with Crippen molar-refractivity contribution in [2.24, 2.45) is 7.05 Å². The van der Waals surface area contributed by atoms with Gasteiger partial charge in [-0.05, 0) is 23.8 Å². The first-order valence-corrected chi connectivity index (χ1v) is 5.53. The number of aryl methyl sites for hydroxylation is 1. The molecule has 1 aromatic carbocycles. The highest BCUT2D eigenvalue weighted by Gasteiger charge is 2.21. The van der Waals surface area contributed by atoms with Crippen molar-refractivity contribution in [1.82, 2.24) is 9.78 Å². The zero-order valence-electron chi connectivity index (χ0n) is 9.88. The summed E-state index contributed by atoms with van der Waals surface area (Å²) < 4.78 is 14.4. The molecule has 1 atom stereocenters. The Morgan fingerprint density at radius 3 is 2.56 bits per heavy atom. The number of halogens is 1. The van der Waals surface area contributed by atoms with Gasteiger partial charge in [-0.15, -0.1) is 0 Å². The van der Waals surface area contributed by atoms with Crippen molar-refractivity contribution in [1.29, 1.82) is 0 Å². The van der Waals surface area contributed by atoms with E-state index >= 15 is 0 Å². The Balaban J connectivity index is 2.23. The Kier molecular flexibility index (Phi) is 3.41. The molecule has 0 aliphatic heterocycles. The van der Waals surface area contributed by atoms with Gasteiger partial charge >= 0.3 is 5.97 Å². The standard InChI is InChI=1S/C13H13FN2O2/c1-16-7-6-11(15-16)8-12(13(17)18)9-2-4-10(14)5-3-9/h2-7,12H,8H2,1H3,(H,17,18). The monoisotopic (exact) mass is 248 g/mol. The highest BCUT2D eigenvalue weighted by atomic mass is 19.1. The number of nitrogens with zero attached hydrogens (tertiary/aromatic N) is 2. The lowest BCUT2D eigenvalue weighted by atomic mass is 9.94. The van der Waals surface area contributed by atoms with Gasteiger partial charge in [0.2, 0.25) is 0 Å². The lowest BCUT2D eigenvalue weighted by Gasteiger charge is -2.11. The zero-order valence-corrected chi connectivity index (χ0v) is 9.88. The average Bonchev–Trinajstić information content (AvgIpc) is 2.73. The molecule has 2 aromatic rings. The Morgan fingerprint density at radius 2 is 2.06 bits per heavy atom. The van der Waals surface area contributed by atoms with Crippen molar-refractivity contribution in [3.8, 4) is 0 Å². The number of aromatic nitrogens is 2. The van der Waals surface area contributed by atoms with Crippen LogP contribution in [-0.2, 0) is 18.3 Å². The highest BCUT2D eigenvalue weighted by molar-refractivity contribution is 5.76. The zero-order chi connectivity index (χ0) is 13.1. The van der Waals surface area contributed by atoms with Gasteiger partial charge in [0.15, 0.2) is 0 Å². The predicted molar refractivity (Wildman–Crippen MR) is 63.7 cm³/mol. The molecule has 5 heteroatoms. The molecule has 0 fully saturated rings. The molecular formula is C13H13FN2O2. The van der Waals surface area contributed by atoms with Gasteiger partial charge in [-0.1, -0.05) is 12.1 Å². The van der Waals surface area contributed by atoms with Crippen molar-refractivity contribution in [2.45, 2.75) is 12.3 Å². The van der Waals surface area contributed by atoms with Gasteiger partial charge < -0.3 is 5.11 Å². The van der Waals surface area contributed by atoms with Crippen LogP contribution < -0.4 is 0 Å². The second-order valence-corrected chi connectivity index (χ2v) is 4.13. The number of carboxylic acids is 1. The van der Waals surface area contributed by atoms with Crippen LogP contribution in [0, 0.1) is 5.82 Å². The summed E-state index contributed by atoms with van der Waals surface area (Å²) in [6.45, 7) is 0. The maximum absolute atomic E-state index is 12.8. The average molecular weight is 248 g/mol. The molecule has 0 spiro atoms. The van der Waals surface area contributed by atoms with E-state index in [0.717, 1.165) is 0 Å². The molecule has 0 saturated carbocycles. The highest BCUT2D eigenvalue weighted by Crippen LogP contribution is 2.21. The molecule has 1 heterocycles. The van der Waals surface area contributed by atoms with Gasteiger partial charge in [-0.2, -0.15) is 5.10 Å². The third-order valence-electron chi connectivity index (χ3n) is 2.75. The maximum Gasteiger partial charge on any atom is 0.311 e. The van der Waals surface area contributed by atoms with Gasteiger partial charge in [-0.3, -0.25) is 9.48 Å². The molecule has 0 bridgehead atoms. The van der Waals surface area contributed by atoms with Crippen LogP contribution in [0.1, 0.15) is 17.2 Å².